The van der Waals surface area contributed by atoms with Gasteiger partial charge in [0.2, 0.25) is 0 Å². The van der Waals surface area contributed by atoms with Crippen LogP contribution in [0.3, 0.4) is 0 Å². The van der Waals surface area contributed by atoms with Crippen LogP contribution in [0.15, 0.2) is 16.4 Å². The van der Waals surface area contributed by atoms with E-state index in [0.717, 1.165) is 11.8 Å². The molecule has 2 nitrogen and oxygen atoms in total. The second-order valence-electron chi connectivity index (χ2n) is 11.3. The van der Waals surface area contributed by atoms with Crippen LogP contribution in [0.4, 0.5) is 0 Å². The van der Waals surface area contributed by atoms with E-state index in [1.54, 1.807) is 11.3 Å². The molecule has 1 heterocycles. The molecule has 0 saturated heterocycles. The van der Waals surface area contributed by atoms with Gasteiger partial charge in [-0.3, -0.25) is 5.43 Å². The summed E-state index contributed by atoms with van der Waals surface area (Å²) >= 11 is 0. The van der Waals surface area contributed by atoms with Gasteiger partial charge in [-0.2, -0.15) is 5.10 Å². The SMILES string of the molecule is CCCCCCC(CCCC)C1CCCC2C=NNC(C(CCCC)CCCCC)=C2CC1. The lowest BCUT2D eigenvalue weighted by atomic mass is 9.73. The van der Waals surface area contributed by atoms with Crippen LogP contribution in [-0.2, 0) is 0 Å². The second kappa shape index (κ2) is 17.6. The molecular formula is C31H58N2. The van der Waals surface area contributed by atoms with Crippen molar-refractivity contribution in [2.45, 2.75) is 156 Å². The number of fused-ring (bicyclic) bond motifs is 1. The molecule has 1 N–H and O–H groups in total. The van der Waals surface area contributed by atoms with E-state index >= 15 is 0 Å². The minimum atomic E-state index is 0.608. The number of unbranched alkanes of at least 4 members (excludes halogenated alkanes) is 7. The fraction of sp³-hybridized carbons (Fsp3) is 0.903. The van der Waals surface area contributed by atoms with Gasteiger partial charge < -0.3 is 0 Å². The number of hydrogen-bond donors (Lipinski definition) is 1. The Hall–Kier alpha value is -0.790. The Balaban J connectivity index is 2.12. The summed E-state index contributed by atoms with van der Waals surface area (Å²) in [5, 5.41) is 4.69. The first kappa shape index (κ1) is 28.4. The zero-order chi connectivity index (χ0) is 23.7. The molecule has 2 heteroatoms. The average Bonchev–Trinajstić information content (AvgIpc) is 2.81. The normalized spacial score (nSPS) is 22.9. The minimum absolute atomic E-state index is 0.608. The molecular weight excluding hydrogens is 400 g/mol. The number of allylic oxidation sites excluding steroid dienone is 2. The van der Waals surface area contributed by atoms with Crippen molar-refractivity contribution in [3.63, 3.8) is 0 Å². The Morgan fingerprint density at radius 2 is 1.39 bits per heavy atom. The van der Waals surface area contributed by atoms with Crippen molar-refractivity contribution in [2.24, 2.45) is 28.8 Å². The van der Waals surface area contributed by atoms with Crippen LogP contribution in [-0.4, -0.2) is 6.21 Å². The molecule has 4 unspecified atom stereocenters. The van der Waals surface area contributed by atoms with E-state index < -0.39 is 0 Å². The fourth-order valence-corrected chi connectivity index (χ4v) is 6.48. The van der Waals surface area contributed by atoms with Gasteiger partial charge in [-0.25, -0.2) is 0 Å². The van der Waals surface area contributed by atoms with Crippen molar-refractivity contribution < 1.29 is 0 Å². The van der Waals surface area contributed by atoms with Gasteiger partial charge in [0.25, 0.3) is 0 Å². The monoisotopic (exact) mass is 458 g/mol. The van der Waals surface area contributed by atoms with Crippen LogP contribution in [0, 0.1) is 23.7 Å². The molecule has 4 atom stereocenters. The number of rotatable bonds is 17. The van der Waals surface area contributed by atoms with Gasteiger partial charge >= 0.3 is 0 Å². The zero-order valence-electron chi connectivity index (χ0n) is 23.0. The summed E-state index contributed by atoms with van der Waals surface area (Å²) in [4.78, 5) is 0. The molecule has 0 spiro atoms. The molecule has 2 rings (SSSR count). The van der Waals surface area contributed by atoms with Gasteiger partial charge in [-0.1, -0.05) is 124 Å². The lowest BCUT2D eigenvalue weighted by Gasteiger charge is -2.35. The summed E-state index contributed by atoms with van der Waals surface area (Å²) in [6.45, 7) is 9.38. The van der Waals surface area contributed by atoms with E-state index in [-0.39, 0.29) is 0 Å². The van der Waals surface area contributed by atoms with Crippen molar-refractivity contribution in [1.29, 1.82) is 0 Å². The van der Waals surface area contributed by atoms with Gasteiger partial charge in [0.15, 0.2) is 0 Å². The van der Waals surface area contributed by atoms with E-state index in [4.69, 9.17) is 5.10 Å². The van der Waals surface area contributed by atoms with Crippen LogP contribution >= 0.6 is 0 Å². The number of nitrogens with zero attached hydrogens (tertiary/aromatic N) is 1. The molecule has 1 fully saturated rings. The molecule has 0 radical (unpaired) electrons. The summed E-state index contributed by atoms with van der Waals surface area (Å²) in [5.41, 5.74) is 6.89. The Kier molecular flexibility index (Phi) is 15.2. The van der Waals surface area contributed by atoms with Crippen LogP contribution in [0.1, 0.15) is 156 Å². The molecule has 0 amide bonds. The molecule has 192 valence electrons. The van der Waals surface area contributed by atoms with E-state index in [1.807, 2.05) is 0 Å². The highest BCUT2D eigenvalue weighted by molar-refractivity contribution is 5.67. The molecule has 0 bridgehead atoms. The largest absolute Gasteiger partial charge is 0.283 e. The Morgan fingerprint density at radius 1 is 0.758 bits per heavy atom. The Labute approximate surface area is 207 Å². The van der Waals surface area contributed by atoms with E-state index in [2.05, 4.69) is 39.3 Å². The first-order valence-corrected chi connectivity index (χ1v) is 15.3. The van der Waals surface area contributed by atoms with Crippen LogP contribution < -0.4 is 5.43 Å². The predicted octanol–water partition coefficient (Wildman–Crippen LogP) is 10.2. The van der Waals surface area contributed by atoms with Crippen molar-refractivity contribution in [2.75, 3.05) is 0 Å². The van der Waals surface area contributed by atoms with Crippen LogP contribution in [0.25, 0.3) is 0 Å². The van der Waals surface area contributed by atoms with Crippen molar-refractivity contribution in [3.05, 3.63) is 11.3 Å². The lowest BCUT2D eigenvalue weighted by molar-refractivity contribution is 0.234. The van der Waals surface area contributed by atoms with Crippen molar-refractivity contribution in [1.82, 2.24) is 5.43 Å². The van der Waals surface area contributed by atoms with Crippen LogP contribution in [0.2, 0.25) is 0 Å². The van der Waals surface area contributed by atoms with Gasteiger partial charge in [-0.15, -0.1) is 0 Å². The maximum absolute atomic E-state index is 4.69. The molecule has 2 aliphatic rings. The summed E-state index contributed by atoms with van der Waals surface area (Å²) in [7, 11) is 0. The number of hydrogen-bond acceptors (Lipinski definition) is 2. The first-order chi connectivity index (χ1) is 16.2. The molecule has 0 aromatic rings. The summed E-state index contributed by atoms with van der Waals surface area (Å²) < 4.78 is 0. The quantitative estimate of drug-likeness (QED) is 0.215. The number of nitrogens with one attached hydrogen (secondary N) is 1. The average molecular weight is 459 g/mol. The molecule has 0 aromatic carbocycles. The summed E-state index contributed by atoms with van der Waals surface area (Å²) in [6.07, 6.45) is 30.0. The van der Waals surface area contributed by atoms with E-state index in [9.17, 15) is 0 Å². The smallest absolute Gasteiger partial charge is 0.0365 e. The third-order valence-corrected chi connectivity index (χ3v) is 8.60. The summed E-state index contributed by atoms with van der Waals surface area (Å²) in [5.74, 6) is 3.22. The maximum atomic E-state index is 4.69. The van der Waals surface area contributed by atoms with Gasteiger partial charge in [0.05, 0.1) is 0 Å². The molecule has 1 aliphatic carbocycles. The van der Waals surface area contributed by atoms with Gasteiger partial charge in [0.1, 0.15) is 0 Å². The maximum Gasteiger partial charge on any atom is 0.0365 e. The van der Waals surface area contributed by atoms with E-state index in [0.29, 0.717) is 11.8 Å². The lowest BCUT2D eigenvalue weighted by Crippen LogP contribution is -2.29. The zero-order valence-corrected chi connectivity index (χ0v) is 23.0. The Morgan fingerprint density at radius 3 is 2.15 bits per heavy atom. The second-order valence-corrected chi connectivity index (χ2v) is 11.3. The molecule has 33 heavy (non-hydrogen) atoms. The summed E-state index contributed by atoms with van der Waals surface area (Å²) in [6, 6.07) is 0. The highest BCUT2D eigenvalue weighted by Crippen LogP contribution is 2.40. The van der Waals surface area contributed by atoms with Gasteiger partial charge in [-0.05, 0) is 49.5 Å². The van der Waals surface area contributed by atoms with Crippen LogP contribution in [0.5, 0.6) is 0 Å². The Bertz CT molecular complexity index is 549. The first-order valence-electron chi connectivity index (χ1n) is 15.3. The molecule has 1 saturated carbocycles. The van der Waals surface area contributed by atoms with E-state index in [1.165, 1.54) is 128 Å². The highest BCUT2D eigenvalue weighted by atomic mass is 15.3. The number of hydrazone groups is 1. The third-order valence-electron chi connectivity index (χ3n) is 8.60. The standard InChI is InChI=1S/C31H58N2/c1-5-9-13-15-19-26(17-11-7-3)27-21-16-22-29-25-32-33-31(30(29)24-23-27)28(18-12-8-4)20-14-10-6-2/h25-29,33H,5-24H2,1-4H3. The predicted molar refractivity (Wildman–Crippen MR) is 148 cm³/mol. The third kappa shape index (κ3) is 10.2. The highest BCUT2D eigenvalue weighted by Gasteiger charge is 2.30. The van der Waals surface area contributed by atoms with Gasteiger partial charge in [0, 0.05) is 23.7 Å². The van der Waals surface area contributed by atoms with Crippen molar-refractivity contribution in [3.8, 4) is 0 Å². The molecule has 0 aromatic heterocycles. The fourth-order valence-electron chi connectivity index (χ4n) is 6.48. The topological polar surface area (TPSA) is 24.4 Å². The molecule has 1 aliphatic heterocycles. The van der Waals surface area contributed by atoms with Crippen molar-refractivity contribution >= 4 is 6.21 Å². The minimum Gasteiger partial charge on any atom is -0.283 e.